The van der Waals surface area contributed by atoms with Gasteiger partial charge in [-0.15, -0.1) is 0 Å². The Kier molecular flexibility index (Phi) is 5.21. The molecule has 6 nitrogen and oxygen atoms in total. The molecule has 0 bridgehead atoms. The summed E-state index contributed by atoms with van der Waals surface area (Å²) in [5, 5.41) is 8.04. The van der Waals surface area contributed by atoms with Gasteiger partial charge in [-0.2, -0.15) is 0 Å². The Labute approximate surface area is 155 Å². The van der Waals surface area contributed by atoms with Crippen LogP contribution in [0.5, 0.6) is 0 Å². The van der Waals surface area contributed by atoms with Gasteiger partial charge in [0.15, 0.2) is 6.29 Å². The number of benzene rings is 2. The van der Waals surface area contributed by atoms with Crippen molar-refractivity contribution in [2.45, 2.75) is 12.1 Å². The van der Waals surface area contributed by atoms with Gasteiger partial charge in [0.05, 0.1) is 5.69 Å². The summed E-state index contributed by atoms with van der Waals surface area (Å²) in [6.45, 7) is 0. The summed E-state index contributed by atoms with van der Waals surface area (Å²) >= 11 is 3.52. The van der Waals surface area contributed by atoms with Gasteiger partial charge in [0.2, 0.25) is 12.1 Å². The van der Waals surface area contributed by atoms with Crippen molar-refractivity contribution in [1.29, 1.82) is 0 Å². The monoisotopic (exact) mass is 404 g/mol. The maximum absolute atomic E-state index is 11.5. The van der Waals surface area contributed by atoms with Gasteiger partial charge >= 0.3 is 0 Å². The first kappa shape index (κ1) is 18.0. The molecular weight excluding hydrogens is 384 g/mol. The molecule has 7 heteroatoms. The SMILES string of the molecule is CNN1c2ccc(-c3cccc(Br)c3)cc2C(NC)(NC)OC1C=O. The largest absolute Gasteiger partial charge is 0.311 e. The molecule has 1 aliphatic rings. The number of ether oxygens (including phenoxy) is 1. The topological polar surface area (TPSA) is 65.6 Å². The maximum atomic E-state index is 11.5. The fraction of sp³-hybridized carbons (Fsp3) is 0.278. The zero-order valence-corrected chi connectivity index (χ0v) is 15.9. The molecule has 0 radical (unpaired) electrons. The van der Waals surface area contributed by atoms with E-state index in [0.717, 1.165) is 33.1 Å². The summed E-state index contributed by atoms with van der Waals surface area (Å²) in [5.41, 5.74) is 6.93. The van der Waals surface area contributed by atoms with Crippen molar-refractivity contribution < 1.29 is 9.53 Å². The van der Waals surface area contributed by atoms with E-state index in [1.165, 1.54) is 0 Å². The number of nitrogens with one attached hydrogen (secondary N) is 3. The van der Waals surface area contributed by atoms with Crippen molar-refractivity contribution in [2.24, 2.45) is 0 Å². The zero-order chi connectivity index (χ0) is 18.0. The van der Waals surface area contributed by atoms with Gasteiger partial charge in [-0.3, -0.25) is 20.4 Å². The van der Waals surface area contributed by atoms with Crippen molar-refractivity contribution in [1.82, 2.24) is 16.1 Å². The molecule has 0 fully saturated rings. The number of carbonyl (C=O) groups is 1. The Morgan fingerprint density at radius 3 is 2.44 bits per heavy atom. The fourth-order valence-electron chi connectivity index (χ4n) is 3.16. The standard InChI is InChI=1S/C18H21BrN4O2/c1-20-18(21-2)15-10-13(12-5-4-6-14(19)9-12)7-8-16(15)23(22-3)17(11-24)25-18/h4-11,17,20-22H,1-3H3. The highest BCUT2D eigenvalue weighted by Gasteiger charge is 2.43. The average molecular weight is 405 g/mol. The molecule has 3 N–H and O–H groups in total. The van der Waals surface area contributed by atoms with Gasteiger partial charge in [0.1, 0.15) is 0 Å². The molecule has 0 aliphatic carbocycles. The van der Waals surface area contributed by atoms with Crippen molar-refractivity contribution in [3.63, 3.8) is 0 Å². The van der Waals surface area contributed by atoms with Gasteiger partial charge in [0, 0.05) is 17.1 Å². The Bertz CT molecular complexity index is 779. The molecule has 0 saturated heterocycles. The summed E-state index contributed by atoms with van der Waals surface area (Å²) < 4.78 is 7.05. The van der Waals surface area contributed by atoms with E-state index in [0.29, 0.717) is 0 Å². The normalized spacial score (nSPS) is 18.7. The van der Waals surface area contributed by atoms with Gasteiger partial charge in [-0.25, -0.2) is 5.43 Å². The lowest BCUT2D eigenvalue weighted by molar-refractivity contribution is -0.157. The lowest BCUT2D eigenvalue weighted by atomic mass is 9.97. The summed E-state index contributed by atoms with van der Waals surface area (Å²) in [4.78, 5) is 11.5. The molecule has 0 spiro atoms. The minimum Gasteiger partial charge on any atom is -0.311 e. The highest BCUT2D eigenvalue weighted by molar-refractivity contribution is 9.10. The third-order valence-corrected chi connectivity index (χ3v) is 4.90. The number of hydrogen-bond acceptors (Lipinski definition) is 6. The summed E-state index contributed by atoms with van der Waals surface area (Å²) in [7, 11) is 5.35. The van der Waals surface area contributed by atoms with E-state index in [9.17, 15) is 4.79 Å². The van der Waals surface area contributed by atoms with Crippen LogP contribution in [0.1, 0.15) is 5.56 Å². The molecule has 3 rings (SSSR count). The smallest absolute Gasteiger partial charge is 0.206 e. The number of anilines is 1. The number of fused-ring (bicyclic) bond motifs is 1. The number of nitrogens with zero attached hydrogens (tertiary/aromatic N) is 1. The van der Waals surface area contributed by atoms with Gasteiger partial charge < -0.3 is 4.74 Å². The minimum atomic E-state index is -0.962. The third-order valence-electron chi connectivity index (χ3n) is 4.41. The highest BCUT2D eigenvalue weighted by atomic mass is 79.9. The van der Waals surface area contributed by atoms with Gasteiger partial charge in [0.25, 0.3) is 0 Å². The van der Waals surface area contributed by atoms with E-state index in [2.05, 4.69) is 50.2 Å². The van der Waals surface area contributed by atoms with Crippen LogP contribution in [0, 0.1) is 0 Å². The van der Waals surface area contributed by atoms with Crippen LogP contribution < -0.4 is 21.1 Å². The summed E-state index contributed by atoms with van der Waals surface area (Å²) in [6.07, 6.45) is 0.0135. The van der Waals surface area contributed by atoms with E-state index >= 15 is 0 Å². The van der Waals surface area contributed by atoms with Gasteiger partial charge in [-0.05, 0) is 49.5 Å². The summed E-state index contributed by atoms with van der Waals surface area (Å²) in [6, 6.07) is 14.2. The molecule has 0 saturated carbocycles. The van der Waals surface area contributed by atoms with Crippen LogP contribution in [0.3, 0.4) is 0 Å². The van der Waals surface area contributed by atoms with E-state index in [-0.39, 0.29) is 0 Å². The second-order valence-electron chi connectivity index (χ2n) is 5.66. The molecule has 1 aliphatic heterocycles. The molecule has 1 unspecified atom stereocenters. The Morgan fingerprint density at radius 2 is 1.84 bits per heavy atom. The number of hydrazine groups is 1. The molecule has 2 aromatic carbocycles. The van der Waals surface area contributed by atoms with Crippen LogP contribution in [0.15, 0.2) is 46.9 Å². The van der Waals surface area contributed by atoms with E-state index in [4.69, 9.17) is 4.74 Å². The van der Waals surface area contributed by atoms with Gasteiger partial charge in [-0.1, -0.05) is 34.1 Å². The molecule has 0 amide bonds. The number of halogens is 1. The van der Waals surface area contributed by atoms with Crippen LogP contribution in [0.2, 0.25) is 0 Å². The number of hydrogen-bond donors (Lipinski definition) is 3. The van der Waals surface area contributed by atoms with Crippen molar-refractivity contribution in [3.05, 3.63) is 52.5 Å². The Morgan fingerprint density at radius 1 is 1.12 bits per heavy atom. The van der Waals surface area contributed by atoms with Crippen LogP contribution in [-0.2, 0) is 15.4 Å². The lowest BCUT2D eigenvalue weighted by Crippen LogP contribution is -2.63. The third kappa shape index (κ3) is 3.09. The second-order valence-corrected chi connectivity index (χ2v) is 6.58. The predicted octanol–water partition coefficient (Wildman–Crippen LogP) is 2.16. The van der Waals surface area contributed by atoms with Crippen LogP contribution in [-0.4, -0.2) is 33.7 Å². The predicted molar refractivity (Wildman–Crippen MR) is 102 cm³/mol. The Balaban J connectivity index is 2.18. The molecule has 1 atom stereocenters. The molecule has 1 heterocycles. The Hall–Kier alpha value is -1.77. The van der Waals surface area contributed by atoms with Crippen LogP contribution >= 0.6 is 15.9 Å². The maximum Gasteiger partial charge on any atom is 0.206 e. The van der Waals surface area contributed by atoms with Crippen molar-refractivity contribution in [3.8, 4) is 11.1 Å². The van der Waals surface area contributed by atoms with E-state index in [1.54, 1.807) is 26.2 Å². The fourth-order valence-corrected chi connectivity index (χ4v) is 3.56. The van der Waals surface area contributed by atoms with Crippen molar-refractivity contribution in [2.75, 3.05) is 26.2 Å². The molecule has 2 aromatic rings. The van der Waals surface area contributed by atoms with E-state index in [1.807, 2.05) is 24.3 Å². The van der Waals surface area contributed by atoms with E-state index < -0.39 is 12.1 Å². The number of aldehydes is 1. The highest BCUT2D eigenvalue weighted by Crippen LogP contribution is 2.39. The molecule has 25 heavy (non-hydrogen) atoms. The lowest BCUT2D eigenvalue weighted by Gasteiger charge is -2.46. The molecule has 0 aromatic heterocycles. The number of rotatable bonds is 5. The molecule has 132 valence electrons. The number of carbonyl (C=O) groups excluding carboxylic acids is 1. The van der Waals surface area contributed by atoms with Crippen LogP contribution in [0.4, 0.5) is 5.69 Å². The zero-order valence-electron chi connectivity index (χ0n) is 14.3. The van der Waals surface area contributed by atoms with Crippen molar-refractivity contribution >= 4 is 27.9 Å². The average Bonchev–Trinajstić information content (AvgIpc) is 2.66. The van der Waals surface area contributed by atoms with Crippen LogP contribution in [0.25, 0.3) is 11.1 Å². The quantitative estimate of drug-likeness (QED) is 0.524. The first-order chi connectivity index (χ1) is 12.1. The summed E-state index contributed by atoms with van der Waals surface area (Å²) in [5.74, 6) is -0.962. The second kappa shape index (κ2) is 7.23. The first-order valence-electron chi connectivity index (χ1n) is 7.96. The minimum absolute atomic E-state index is 0.755. The molecular formula is C18H21BrN4O2. The first-order valence-corrected chi connectivity index (χ1v) is 8.76.